The molecular formula is C10H13NO3. The van der Waals surface area contributed by atoms with E-state index < -0.39 is 0 Å². The standard InChI is InChI=1S/C10H13NO3/c1-6(12)11-9-7-4-2-3-5-8(7)14-10(9)13/h8H,2-5H2,1H3,(H,11,12). The van der Waals surface area contributed by atoms with Crippen molar-refractivity contribution in [3.8, 4) is 0 Å². The molecule has 76 valence electrons. The molecular weight excluding hydrogens is 182 g/mol. The summed E-state index contributed by atoms with van der Waals surface area (Å²) in [4.78, 5) is 22.2. The van der Waals surface area contributed by atoms with Crippen LogP contribution in [0.2, 0.25) is 0 Å². The lowest BCUT2D eigenvalue weighted by Gasteiger charge is -2.18. The van der Waals surface area contributed by atoms with Crippen LogP contribution in [0, 0.1) is 0 Å². The van der Waals surface area contributed by atoms with E-state index in [0.29, 0.717) is 5.70 Å². The lowest BCUT2D eigenvalue weighted by Crippen LogP contribution is -2.24. The summed E-state index contributed by atoms with van der Waals surface area (Å²) in [6.07, 6.45) is 3.86. The predicted octanol–water partition coefficient (Wildman–Crippen LogP) is 0.876. The average molecular weight is 195 g/mol. The molecule has 0 aromatic heterocycles. The van der Waals surface area contributed by atoms with Gasteiger partial charge in [-0.3, -0.25) is 4.79 Å². The van der Waals surface area contributed by atoms with Gasteiger partial charge in [-0.05, 0) is 25.7 Å². The third kappa shape index (κ3) is 1.52. The molecule has 1 aliphatic heterocycles. The maximum absolute atomic E-state index is 11.4. The fourth-order valence-corrected chi connectivity index (χ4v) is 2.02. The zero-order valence-corrected chi connectivity index (χ0v) is 8.13. The molecule has 1 aliphatic carbocycles. The van der Waals surface area contributed by atoms with Gasteiger partial charge in [0.1, 0.15) is 11.8 Å². The SMILES string of the molecule is CC(=O)NC1=C2CCCCC2OC1=O. The molecule has 1 fully saturated rings. The van der Waals surface area contributed by atoms with Crippen LogP contribution in [0.3, 0.4) is 0 Å². The minimum atomic E-state index is -0.373. The van der Waals surface area contributed by atoms with E-state index in [1.54, 1.807) is 0 Å². The Balaban J connectivity index is 2.24. The predicted molar refractivity (Wildman–Crippen MR) is 49.2 cm³/mol. The van der Waals surface area contributed by atoms with Crippen molar-refractivity contribution in [3.05, 3.63) is 11.3 Å². The number of fused-ring (bicyclic) bond motifs is 1. The van der Waals surface area contributed by atoms with E-state index in [-0.39, 0.29) is 18.0 Å². The minimum absolute atomic E-state index is 0.0712. The first-order chi connectivity index (χ1) is 6.68. The van der Waals surface area contributed by atoms with Gasteiger partial charge in [0.15, 0.2) is 0 Å². The van der Waals surface area contributed by atoms with Gasteiger partial charge in [-0.2, -0.15) is 0 Å². The Hall–Kier alpha value is -1.32. The quantitative estimate of drug-likeness (QED) is 0.632. The zero-order chi connectivity index (χ0) is 10.1. The molecule has 14 heavy (non-hydrogen) atoms. The third-order valence-electron chi connectivity index (χ3n) is 2.63. The van der Waals surface area contributed by atoms with Crippen LogP contribution in [0.1, 0.15) is 32.6 Å². The van der Waals surface area contributed by atoms with E-state index in [2.05, 4.69) is 5.32 Å². The van der Waals surface area contributed by atoms with E-state index in [9.17, 15) is 9.59 Å². The van der Waals surface area contributed by atoms with Gasteiger partial charge in [0.2, 0.25) is 5.91 Å². The molecule has 1 unspecified atom stereocenters. The molecule has 0 saturated heterocycles. The maximum Gasteiger partial charge on any atom is 0.355 e. The monoisotopic (exact) mass is 195 g/mol. The molecule has 0 aromatic carbocycles. The van der Waals surface area contributed by atoms with Crippen molar-refractivity contribution in [2.45, 2.75) is 38.7 Å². The Labute approximate surface area is 82.3 Å². The van der Waals surface area contributed by atoms with Crippen LogP contribution in [0.25, 0.3) is 0 Å². The van der Waals surface area contributed by atoms with E-state index >= 15 is 0 Å². The summed E-state index contributed by atoms with van der Waals surface area (Å²) in [6, 6.07) is 0. The summed E-state index contributed by atoms with van der Waals surface area (Å²) in [7, 11) is 0. The highest BCUT2D eigenvalue weighted by atomic mass is 16.5. The summed E-state index contributed by atoms with van der Waals surface area (Å²) >= 11 is 0. The first-order valence-corrected chi connectivity index (χ1v) is 4.90. The highest BCUT2D eigenvalue weighted by Gasteiger charge is 2.35. The molecule has 0 bridgehead atoms. The molecule has 2 aliphatic rings. The molecule has 1 saturated carbocycles. The topological polar surface area (TPSA) is 55.4 Å². The number of esters is 1. The number of carbonyl (C=O) groups excluding carboxylic acids is 2. The van der Waals surface area contributed by atoms with Crippen molar-refractivity contribution in [3.63, 3.8) is 0 Å². The van der Waals surface area contributed by atoms with Crippen LogP contribution in [-0.2, 0) is 14.3 Å². The van der Waals surface area contributed by atoms with E-state index in [0.717, 1.165) is 31.3 Å². The van der Waals surface area contributed by atoms with Gasteiger partial charge in [0.05, 0.1) is 0 Å². The van der Waals surface area contributed by atoms with Gasteiger partial charge in [0, 0.05) is 12.5 Å². The lowest BCUT2D eigenvalue weighted by molar-refractivity contribution is -0.141. The second-order valence-corrected chi connectivity index (χ2v) is 3.72. The molecule has 1 N–H and O–H groups in total. The van der Waals surface area contributed by atoms with Crippen molar-refractivity contribution >= 4 is 11.9 Å². The Morgan fingerprint density at radius 1 is 1.50 bits per heavy atom. The van der Waals surface area contributed by atoms with Gasteiger partial charge in [-0.1, -0.05) is 0 Å². The van der Waals surface area contributed by atoms with Crippen molar-refractivity contribution in [2.75, 3.05) is 0 Å². The second kappa shape index (κ2) is 3.44. The van der Waals surface area contributed by atoms with Crippen molar-refractivity contribution in [1.82, 2.24) is 5.32 Å². The van der Waals surface area contributed by atoms with Crippen LogP contribution in [-0.4, -0.2) is 18.0 Å². The Kier molecular flexibility index (Phi) is 2.27. The van der Waals surface area contributed by atoms with Crippen LogP contribution >= 0.6 is 0 Å². The fourth-order valence-electron chi connectivity index (χ4n) is 2.02. The van der Waals surface area contributed by atoms with E-state index in [4.69, 9.17) is 4.74 Å². The molecule has 1 amide bonds. The molecule has 4 heteroatoms. The summed E-state index contributed by atoms with van der Waals surface area (Å²) in [6.45, 7) is 1.40. The normalized spacial score (nSPS) is 25.8. The highest BCUT2D eigenvalue weighted by Crippen LogP contribution is 2.33. The number of ether oxygens (including phenoxy) is 1. The molecule has 1 atom stereocenters. The molecule has 0 aromatic rings. The smallest absolute Gasteiger partial charge is 0.355 e. The van der Waals surface area contributed by atoms with Crippen molar-refractivity contribution < 1.29 is 14.3 Å². The first-order valence-electron chi connectivity index (χ1n) is 4.90. The molecule has 0 radical (unpaired) electrons. The van der Waals surface area contributed by atoms with Gasteiger partial charge in [0.25, 0.3) is 0 Å². The van der Waals surface area contributed by atoms with Gasteiger partial charge in [-0.25, -0.2) is 4.79 Å². The number of carbonyl (C=O) groups is 2. The molecule has 1 heterocycles. The first kappa shape index (κ1) is 9.24. The Morgan fingerprint density at radius 2 is 2.29 bits per heavy atom. The average Bonchev–Trinajstić information content (AvgIpc) is 2.43. The van der Waals surface area contributed by atoms with Crippen LogP contribution in [0.5, 0.6) is 0 Å². The largest absolute Gasteiger partial charge is 0.453 e. The summed E-state index contributed by atoms with van der Waals surface area (Å²) in [5.74, 6) is -0.585. The Bertz CT molecular complexity index is 319. The lowest BCUT2D eigenvalue weighted by atomic mass is 9.92. The second-order valence-electron chi connectivity index (χ2n) is 3.72. The number of amides is 1. The zero-order valence-electron chi connectivity index (χ0n) is 8.13. The minimum Gasteiger partial charge on any atom is -0.453 e. The van der Waals surface area contributed by atoms with E-state index in [1.807, 2.05) is 0 Å². The van der Waals surface area contributed by atoms with Crippen LogP contribution in [0.4, 0.5) is 0 Å². The number of nitrogens with one attached hydrogen (secondary N) is 1. The molecule has 4 nitrogen and oxygen atoms in total. The van der Waals surface area contributed by atoms with E-state index in [1.165, 1.54) is 6.92 Å². The fraction of sp³-hybridized carbons (Fsp3) is 0.600. The molecule has 2 rings (SSSR count). The summed E-state index contributed by atoms with van der Waals surface area (Å²) in [5, 5.41) is 2.56. The summed E-state index contributed by atoms with van der Waals surface area (Å²) in [5.41, 5.74) is 1.37. The molecule has 0 spiro atoms. The highest BCUT2D eigenvalue weighted by molar-refractivity contribution is 5.96. The maximum atomic E-state index is 11.4. The Morgan fingerprint density at radius 3 is 3.00 bits per heavy atom. The number of hydrogen-bond donors (Lipinski definition) is 1. The van der Waals surface area contributed by atoms with Crippen molar-refractivity contribution in [2.24, 2.45) is 0 Å². The van der Waals surface area contributed by atoms with Crippen LogP contribution < -0.4 is 5.32 Å². The third-order valence-corrected chi connectivity index (χ3v) is 2.63. The number of rotatable bonds is 1. The van der Waals surface area contributed by atoms with Gasteiger partial charge < -0.3 is 10.1 Å². The van der Waals surface area contributed by atoms with Gasteiger partial charge in [-0.15, -0.1) is 0 Å². The summed E-state index contributed by atoms with van der Waals surface area (Å²) < 4.78 is 5.15. The number of hydrogen-bond acceptors (Lipinski definition) is 3. The van der Waals surface area contributed by atoms with Gasteiger partial charge >= 0.3 is 5.97 Å². The van der Waals surface area contributed by atoms with Crippen LogP contribution in [0.15, 0.2) is 11.3 Å². The van der Waals surface area contributed by atoms with Crippen molar-refractivity contribution in [1.29, 1.82) is 0 Å².